The Morgan fingerprint density at radius 2 is 1.86 bits per heavy atom. The van der Waals surface area contributed by atoms with Crippen LogP contribution in [0.4, 0.5) is 13.2 Å². The molecular weight excluding hydrogens is 317 g/mol. The first kappa shape index (κ1) is 16.2. The lowest BCUT2D eigenvalue weighted by atomic mass is 10.2. The summed E-state index contributed by atoms with van der Waals surface area (Å²) in [6.45, 7) is 1.70. The highest BCUT2D eigenvalue weighted by molar-refractivity contribution is 7.16. The molecule has 0 spiro atoms. The Labute approximate surface area is 128 Å². The van der Waals surface area contributed by atoms with Crippen molar-refractivity contribution in [2.24, 2.45) is 0 Å². The van der Waals surface area contributed by atoms with Crippen molar-refractivity contribution >= 4 is 23.0 Å². The molecule has 1 unspecified atom stereocenters. The van der Waals surface area contributed by atoms with E-state index < -0.39 is 28.8 Å². The highest BCUT2D eigenvalue weighted by Gasteiger charge is 2.40. The van der Waals surface area contributed by atoms with Gasteiger partial charge in [-0.1, -0.05) is 6.07 Å². The third kappa shape index (κ3) is 3.70. The van der Waals surface area contributed by atoms with Gasteiger partial charge in [0.2, 0.25) is 0 Å². The number of nitrogens with one attached hydrogen (secondary N) is 1. The molecule has 0 radical (unpaired) electrons. The maximum absolute atomic E-state index is 12.3. The average molecular weight is 328 g/mol. The van der Waals surface area contributed by atoms with Gasteiger partial charge >= 0.3 is 6.18 Å². The zero-order chi connectivity index (χ0) is 16.3. The molecule has 1 atom stereocenters. The minimum atomic E-state index is -4.94. The number of nitrogens with zero attached hydrogens (tertiary/aromatic N) is 1. The summed E-state index contributed by atoms with van der Waals surface area (Å²) in [5, 5.41) is 2.62. The lowest BCUT2D eigenvalue weighted by Crippen LogP contribution is -2.26. The number of thiophene rings is 1. The van der Waals surface area contributed by atoms with Crippen LogP contribution in [-0.4, -0.2) is 22.9 Å². The van der Waals surface area contributed by atoms with E-state index in [1.807, 2.05) is 0 Å². The van der Waals surface area contributed by atoms with Gasteiger partial charge in [-0.05, 0) is 31.2 Å². The Kier molecular flexibility index (Phi) is 4.60. The second-order valence-corrected chi connectivity index (χ2v) is 5.52. The van der Waals surface area contributed by atoms with Crippen molar-refractivity contribution in [2.45, 2.75) is 19.1 Å². The molecule has 22 heavy (non-hydrogen) atoms. The standard InChI is InChI=1S/C14H11F3N2O2S/c1-8(9-4-2-3-7-18-9)19-13(21)11-6-5-10(22-11)12(20)14(15,16)17/h2-8H,1H3,(H,19,21). The number of pyridine rings is 1. The van der Waals surface area contributed by atoms with Gasteiger partial charge in [0.1, 0.15) is 0 Å². The minimum absolute atomic E-state index is 0.0374. The van der Waals surface area contributed by atoms with Crippen molar-refractivity contribution in [3.8, 4) is 0 Å². The molecule has 0 aromatic carbocycles. The van der Waals surface area contributed by atoms with Crippen LogP contribution in [0.1, 0.15) is 38.0 Å². The zero-order valence-electron chi connectivity index (χ0n) is 11.3. The number of hydrogen-bond donors (Lipinski definition) is 1. The topological polar surface area (TPSA) is 59.1 Å². The van der Waals surface area contributed by atoms with Gasteiger partial charge in [0.15, 0.2) is 0 Å². The molecule has 4 nitrogen and oxygen atoms in total. The number of carbonyl (C=O) groups excluding carboxylic acids is 2. The summed E-state index contributed by atoms with van der Waals surface area (Å²) in [5.74, 6) is -2.50. The van der Waals surface area contributed by atoms with Crippen molar-refractivity contribution in [1.29, 1.82) is 0 Å². The maximum Gasteiger partial charge on any atom is 0.455 e. The molecule has 1 amide bonds. The SMILES string of the molecule is CC(NC(=O)c1ccc(C(=O)C(F)(F)F)s1)c1ccccn1. The molecule has 116 valence electrons. The Morgan fingerprint density at radius 3 is 2.45 bits per heavy atom. The number of halogens is 3. The van der Waals surface area contributed by atoms with E-state index in [1.165, 1.54) is 6.07 Å². The van der Waals surface area contributed by atoms with Crippen LogP contribution >= 0.6 is 11.3 Å². The molecule has 0 fully saturated rings. The van der Waals surface area contributed by atoms with Gasteiger partial charge in [0.05, 0.1) is 21.5 Å². The van der Waals surface area contributed by atoms with E-state index in [0.29, 0.717) is 17.0 Å². The van der Waals surface area contributed by atoms with Gasteiger partial charge in [-0.3, -0.25) is 14.6 Å². The van der Waals surface area contributed by atoms with Gasteiger partial charge in [0.25, 0.3) is 11.7 Å². The molecule has 0 aliphatic heterocycles. The number of amides is 1. The third-order valence-corrected chi connectivity index (χ3v) is 3.87. The molecule has 1 N–H and O–H groups in total. The van der Waals surface area contributed by atoms with Crippen molar-refractivity contribution in [2.75, 3.05) is 0 Å². The highest BCUT2D eigenvalue weighted by atomic mass is 32.1. The van der Waals surface area contributed by atoms with E-state index in [-0.39, 0.29) is 4.88 Å². The summed E-state index contributed by atoms with van der Waals surface area (Å²) in [7, 11) is 0. The number of Topliss-reactive ketones (excluding diaryl/α,β-unsaturated/α-hetero) is 1. The fourth-order valence-corrected chi connectivity index (χ4v) is 2.56. The van der Waals surface area contributed by atoms with E-state index in [2.05, 4.69) is 10.3 Å². The van der Waals surface area contributed by atoms with Gasteiger partial charge in [0, 0.05) is 6.20 Å². The van der Waals surface area contributed by atoms with Crippen LogP contribution in [0, 0.1) is 0 Å². The quantitative estimate of drug-likeness (QED) is 0.875. The van der Waals surface area contributed by atoms with Crippen molar-refractivity contribution < 1.29 is 22.8 Å². The Hall–Kier alpha value is -2.22. The first-order valence-electron chi connectivity index (χ1n) is 6.22. The fourth-order valence-electron chi connectivity index (χ4n) is 1.70. The van der Waals surface area contributed by atoms with Crippen LogP contribution in [-0.2, 0) is 0 Å². The summed E-state index contributed by atoms with van der Waals surface area (Å²) in [6.07, 6.45) is -3.37. The number of rotatable bonds is 4. The summed E-state index contributed by atoms with van der Waals surface area (Å²) >= 11 is 0.511. The molecule has 0 aliphatic rings. The molecule has 8 heteroatoms. The third-order valence-electron chi connectivity index (χ3n) is 2.79. The lowest BCUT2D eigenvalue weighted by Gasteiger charge is -2.12. The van der Waals surface area contributed by atoms with Gasteiger partial charge in [-0.15, -0.1) is 11.3 Å². The second-order valence-electron chi connectivity index (χ2n) is 4.44. The van der Waals surface area contributed by atoms with Crippen LogP contribution in [0.2, 0.25) is 0 Å². The monoisotopic (exact) mass is 328 g/mol. The predicted octanol–water partition coefficient (Wildman–Crippen LogP) is 3.38. The van der Waals surface area contributed by atoms with Crippen molar-refractivity contribution in [1.82, 2.24) is 10.3 Å². The molecule has 0 aliphatic carbocycles. The fraction of sp³-hybridized carbons (Fsp3) is 0.214. The average Bonchev–Trinajstić information content (AvgIpc) is 2.96. The molecule has 2 aromatic rings. The Morgan fingerprint density at radius 1 is 1.18 bits per heavy atom. The number of carbonyl (C=O) groups is 2. The number of aromatic nitrogens is 1. The Bertz CT molecular complexity index is 683. The van der Waals surface area contributed by atoms with Crippen LogP contribution in [0.25, 0.3) is 0 Å². The number of ketones is 1. The number of alkyl halides is 3. The molecule has 2 rings (SSSR count). The first-order chi connectivity index (χ1) is 10.3. The number of hydrogen-bond acceptors (Lipinski definition) is 4. The van der Waals surface area contributed by atoms with Gasteiger partial charge in [-0.25, -0.2) is 0 Å². The Balaban J connectivity index is 2.08. The summed E-state index contributed by atoms with van der Waals surface area (Å²) < 4.78 is 37.0. The molecule has 0 saturated carbocycles. The minimum Gasteiger partial charge on any atom is -0.343 e. The smallest absolute Gasteiger partial charge is 0.343 e. The largest absolute Gasteiger partial charge is 0.455 e. The summed E-state index contributed by atoms with van der Waals surface area (Å²) in [6, 6.07) is 7.00. The van der Waals surface area contributed by atoms with E-state index in [1.54, 1.807) is 31.3 Å². The van der Waals surface area contributed by atoms with Gasteiger partial charge < -0.3 is 5.32 Å². The lowest BCUT2D eigenvalue weighted by molar-refractivity contribution is -0.0882. The molecule has 0 bridgehead atoms. The van der Waals surface area contributed by atoms with Crippen LogP contribution in [0.5, 0.6) is 0 Å². The van der Waals surface area contributed by atoms with Gasteiger partial charge in [-0.2, -0.15) is 13.2 Å². The van der Waals surface area contributed by atoms with E-state index in [4.69, 9.17) is 0 Å². The van der Waals surface area contributed by atoms with Crippen LogP contribution < -0.4 is 5.32 Å². The first-order valence-corrected chi connectivity index (χ1v) is 7.04. The van der Waals surface area contributed by atoms with Crippen LogP contribution in [0.15, 0.2) is 36.5 Å². The molecular formula is C14H11F3N2O2S. The van der Waals surface area contributed by atoms with E-state index in [9.17, 15) is 22.8 Å². The zero-order valence-corrected chi connectivity index (χ0v) is 12.2. The predicted molar refractivity (Wildman–Crippen MR) is 74.8 cm³/mol. The van der Waals surface area contributed by atoms with E-state index in [0.717, 1.165) is 6.07 Å². The molecule has 2 aromatic heterocycles. The second kappa shape index (κ2) is 6.27. The molecule has 2 heterocycles. The summed E-state index contributed by atoms with van der Waals surface area (Å²) in [5.41, 5.74) is 0.624. The normalized spacial score (nSPS) is 12.7. The highest BCUT2D eigenvalue weighted by Crippen LogP contribution is 2.26. The van der Waals surface area contributed by atoms with E-state index >= 15 is 0 Å². The summed E-state index contributed by atoms with van der Waals surface area (Å²) in [4.78, 5) is 26.7. The van der Waals surface area contributed by atoms with Crippen molar-refractivity contribution in [3.63, 3.8) is 0 Å². The maximum atomic E-state index is 12.3. The van der Waals surface area contributed by atoms with Crippen LogP contribution in [0.3, 0.4) is 0 Å². The van der Waals surface area contributed by atoms with Crippen molar-refractivity contribution in [3.05, 3.63) is 52.0 Å². The molecule has 0 saturated heterocycles.